The summed E-state index contributed by atoms with van der Waals surface area (Å²) < 4.78 is 12.6. The third-order valence-electron chi connectivity index (χ3n) is 10.9. The van der Waals surface area contributed by atoms with Gasteiger partial charge in [0.05, 0.1) is 47.4 Å². The Bertz CT molecular complexity index is 1550. The van der Waals surface area contributed by atoms with E-state index in [1.807, 2.05) is 58.9 Å². The average Bonchev–Trinajstić information content (AvgIpc) is 3.59. The zero-order chi connectivity index (χ0) is 35.0. The van der Waals surface area contributed by atoms with E-state index in [0.717, 1.165) is 0 Å². The Morgan fingerprint density at radius 3 is 2.33 bits per heavy atom. The van der Waals surface area contributed by atoms with Gasteiger partial charge in [0.15, 0.2) is 0 Å². The molecule has 9 nitrogen and oxygen atoms in total. The molecule has 48 heavy (non-hydrogen) atoms. The van der Waals surface area contributed by atoms with E-state index in [0.29, 0.717) is 41.6 Å². The Morgan fingerprint density at radius 1 is 1.10 bits per heavy atom. The first kappa shape index (κ1) is 35.6. The molecular weight excluding hydrogens is 630 g/mol. The number of hydrogen-bond acceptors (Lipinski definition) is 6. The molecule has 0 saturated carbocycles. The highest BCUT2D eigenvalue weighted by Crippen LogP contribution is 2.66. The van der Waals surface area contributed by atoms with Gasteiger partial charge in [-0.15, -0.1) is 13.2 Å². The van der Waals surface area contributed by atoms with Crippen LogP contribution in [0, 0.1) is 23.7 Å². The number of carbonyl (C=O) groups excluding carboxylic acids is 3. The minimum absolute atomic E-state index is 0.134. The van der Waals surface area contributed by atoms with Gasteiger partial charge in [-0.3, -0.25) is 14.4 Å². The Balaban J connectivity index is 1.66. The molecule has 2 aromatic rings. The number of hydrogen-bond donors (Lipinski definition) is 1. The van der Waals surface area contributed by atoms with Crippen molar-refractivity contribution in [2.45, 2.75) is 70.7 Å². The highest BCUT2D eigenvalue weighted by Gasteiger charge is 2.80. The monoisotopic (exact) mass is 677 g/mol. The number of fused-ring (bicyclic) bond motifs is 1. The molecule has 3 aliphatic rings. The molecule has 8 atom stereocenters. The number of benzene rings is 2. The molecule has 3 aliphatic heterocycles. The van der Waals surface area contributed by atoms with Crippen LogP contribution in [0.15, 0.2) is 73.8 Å². The summed E-state index contributed by atoms with van der Waals surface area (Å²) >= 11 is 6.64. The van der Waals surface area contributed by atoms with Crippen molar-refractivity contribution in [3.63, 3.8) is 0 Å². The molecule has 5 rings (SSSR count). The first-order valence-electron chi connectivity index (χ1n) is 16.9. The second-order valence-electron chi connectivity index (χ2n) is 13.4. The Hall–Kier alpha value is -3.66. The van der Waals surface area contributed by atoms with Crippen molar-refractivity contribution in [2.24, 2.45) is 23.7 Å². The van der Waals surface area contributed by atoms with Gasteiger partial charge in [-0.05, 0) is 68.5 Å². The summed E-state index contributed by atoms with van der Waals surface area (Å²) in [6, 6.07) is 12.5. The molecule has 0 aromatic heterocycles. The van der Waals surface area contributed by atoms with E-state index >= 15 is 4.79 Å². The van der Waals surface area contributed by atoms with E-state index in [1.165, 1.54) is 4.90 Å². The normalized spacial score (nSPS) is 28.5. The van der Waals surface area contributed by atoms with E-state index in [4.69, 9.17) is 21.1 Å². The molecule has 3 fully saturated rings. The van der Waals surface area contributed by atoms with Crippen molar-refractivity contribution in [2.75, 3.05) is 36.1 Å². The second-order valence-corrected chi connectivity index (χ2v) is 13.8. The van der Waals surface area contributed by atoms with Crippen LogP contribution in [-0.2, 0) is 19.1 Å². The van der Waals surface area contributed by atoms with Crippen LogP contribution in [0.3, 0.4) is 0 Å². The summed E-state index contributed by atoms with van der Waals surface area (Å²) in [5, 5.41) is 11.2. The van der Waals surface area contributed by atoms with Crippen LogP contribution in [0.5, 0.6) is 5.75 Å². The quantitative estimate of drug-likeness (QED) is 0.250. The first-order valence-corrected chi connectivity index (χ1v) is 17.3. The van der Waals surface area contributed by atoms with Gasteiger partial charge in [0.25, 0.3) is 5.91 Å². The number of para-hydroxylation sites is 1. The second kappa shape index (κ2) is 14.1. The third kappa shape index (κ3) is 5.63. The first-order chi connectivity index (χ1) is 22.9. The zero-order valence-corrected chi connectivity index (χ0v) is 29.4. The molecule has 2 aromatic carbocycles. The topological polar surface area (TPSA) is 99.6 Å². The number of halogens is 1. The van der Waals surface area contributed by atoms with E-state index in [-0.39, 0.29) is 49.3 Å². The van der Waals surface area contributed by atoms with Crippen molar-refractivity contribution in [3.8, 4) is 5.75 Å². The van der Waals surface area contributed by atoms with Gasteiger partial charge < -0.3 is 29.3 Å². The fourth-order valence-electron chi connectivity index (χ4n) is 8.27. The number of anilines is 2. The lowest BCUT2D eigenvalue weighted by atomic mass is 9.62. The van der Waals surface area contributed by atoms with Crippen LogP contribution >= 0.6 is 11.6 Å². The van der Waals surface area contributed by atoms with Crippen LogP contribution in [0.2, 0.25) is 5.02 Å². The number of aliphatic hydroxyl groups is 1. The van der Waals surface area contributed by atoms with Crippen molar-refractivity contribution < 1.29 is 29.0 Å². The summed E-state index contributed by atoms with van der Waals surface area (Å²) in [4.78, 5) is 49.7. The molecule has 10 heteroatoms. The summed E-state index contributed by atoms with van der Waals surface area (Å²) in [6.07, 6.45) is 4.32. The molecule has 2 bridgehead atoms. The molecule has 1 spiro atoms. The van der Waals surface area contributed by atoms with Crippen molar-refractivity contribution in [1.82, 2.24) is 4.90 Å². The van der Waals surface area contributed by atoms with Crippen LogP contribution < -0.4 is 14.5 Å². The predicted molar refractivity (Wildman–Crippen MR) is 188 cm³/mol. The maximum absolute atomic E-state index is 15.1. The predicted octanol–water partition coefficient (Wildman–Crippen LogP) is 5.89. The summed E-state index contributed by atoms with van der Waals surface area (Å²) in [5.74, 6) is -2.50. The highest BCUT2D eigenvalue weighted by atomic mass is 35.5. The SMILES string of the molecule is C=CCN(C(=O)[C@@H]1[C@H]2C(=O)N([C@@H](CO)[C@@H](C)CC)C(C(=O)N(CC=C)c3ccccc3Cl)C23CC(C)[C@@]1(C)O3)c1ccc(OCC)cc1. The van der Waals surface area contributed by atoms with Crippen molar-refractivity contribution in [1.29, 1.82) is 0 Å². The van der Waals surface area contributed by atoms with Gasteiger partial charge in [-0.1, -0.05) is 63.1 Å². The van der Waals surface area contributed by atoms with Gasteiger partial charge in [-0.25, -0.2) is 0 Å². The van der Waals surface area contributed by atoms with E-state index in [9.17, 15) is 14.7 Å². The molecular formula is C38H48ClN3O6. The molecule has 1 N–H and O–H groups in total. The van der Waals surface area contributed by atoms with Gasteiger partial charge in [0.1, 0.15) is 17.4 Å². The lowest BCUT2D eigenvalue weighted by Gasteiger charge is -2.41. The standard InChI is InChI=1S/C38H48ClN3O6/c1-8-20-40(26-16-18-27(19-17-26)47-11-4)34(44)31-32-35(45)42(30(23-43)24(5)10-3)33(38(32)22-25(6)37(31,7)48-38)36(46)41(21-9-2)29-15-13-12-14-28(29)39/h8-9,12-19,24-25,30-33,43H,1-2,10-11,20-23H2,3-7H3/t24-,25?,30-,31-,32-,33?,37+,38?/m0/s1. The number of nitrogens with zero attached hydrogens (tertiary/aromatic N) is 3. The van der Waals surface area contributed by atoms with Crippen LogP contribution in [0.1, 0.15) is 47.5 Å². The zero-order valence-electron chi connectivity index (χ0n) is 28.6. The smallest absolute Gasteiger partial charge is 0.253 e. The number of aliphatic hydroxyl groups excluding tert-OH is 1. The minimum Gasteiger partial charge on any atom is -0.494 e. The Labute approximate surface area is 289 Å². The number of carbonyl (C=O) groups is 3. The molecule has 3 amide bonds. The maximum Gasteiger partial charge on any atom is 0.253 e. The number of ether oxygens (including phenoxy) is 2. The van der Waals surface area contributed by atoms with Crippen LogP contribution in [0.25, 0.3) is 0 Å². The Kier molecular flexibility index (Phi) is 10.4. The van der Waals surface area contributed by atoms with Crippen LogP contribution in [0.4, 0.5) is 11.4 Å². The molecule has 3 unspecified atom stereocenters. The number of rotatable bonds is 14. The van der Waals surface area contributed by atoms with Crippen LogP contribution in [-0.4, -0.2) is 77.3 Å². The molecule has 0 aliphatic carbocycles. The molecule has 3 heterocycles. The summed E-state index contributed by atoms with van der Waals surface area (Å²) in [5.41, 5.74) is -1.24. The molecule has 0 radical (unpaired) electrons. The third-order valence-corrected chi connectivity index (χ3v) is 11.2. The minimum atomic E-state index is -1.32. The maximum atomic E-state index is 15.1. The van der Waals surface area contributed by atoms with E-state index in [2.05, 4.69) is 13.2 Å². The fraction of sp³-hybridized carbons (Fsp3) is 0.500. The van der Waals surface area contributed by atoms with Crippen molar-refractivity contribution >= 4 is 40.7 Å². The van der Waals surface area contributed by atoms with E-state index in [1.54, 1.807) is 46.2 Å². The Morgan fingerprint density at radius 2 is 1.75 bits per heavy atom. The lowest BCUT2D eigenvalue weighted by Crippen LogP contribution is -2.60. The van der Waals surface area contributed by atoms with Crippen molar-refractivity contribution in [3.05, 3.63) is 78.9 Å². The van der Waals surface area contributed by atoms with Gasteiger partial charge in [0, 0.05) is 18.8 Å². The van der Waals surface area contributed by atoms with Gasteiger partial charge in [0.2, 0.25) is 11.8 Å². The van der Waals surface area contributed by atoms with E-state index < -0.39 is 35.1 Å². The molecule has 3 saturated heterocycles. The fourth-order valence-corrected chi connectivity index (χ4v) is 8.50. The summed E-state index contributed by atoms with van der Waals surface area (Å²) in [7, 11) is 0. The number of amides is 3. The molecule has 258 valence electrons. The van der Waals surface area contributed by atoms with Gasteiger partial charge in [-0.2, -0.15) is 0 Å². The highest BCUT2D eigenvalue weighted by molar-refractivity contribution is 6.34. The largest absolute Gasteiger partial charge is 0.494 e. The van der Waals surface area contributed by atoms with Gasteiger partial charge >= 0.3 is 0 Å². The lowest BCUT2D eigenvalue weighted by molar-refractivity contribution is -0.150. The summed E-state index contributed by atoms with van der Waals surface area (Å²) in [6.45, 7) is 18.1. The average molecular weight is 678 g/mol. The number of likely N-dealkylation sites (tertiary alicyclic amines) is 1.